The lowest BCUT2D eigenvalue weighted by molar-refractivity contribution is -0.138. The molecule has 0 bridgehead atoms. The molecule has 0 aliphatic carbocycles. The molecular formula is C33H32N4O5S. The number of carbonyl (C=O) groups excluding carboxylic acids is 3. The van der Waals surface area contributed by atoms with E-state index in [1.807, 2.05) is 36.4 Å². The molecule has 0 saturated carbocycles. The summed E-state index contributed by atoms with van der Waals surface area (Å²) < 4.78 is 0. The summed E-state index contributed by atoms with van der Waals surface area (Å²) in [5.74, 6) is -1.75. The predicted octanol–water partition coefficient (Wildman–Crippen LogP) is 5.32. The Labute approximate surface area is 253 Å². The largest absolute Gasteiger partial charge is 0.480 e. The van der Waals surface area contributed by atoms with Gasteiger partial charge in [-0.15, -0.1) is 0 Å². The molecule has 10 heteroatoms. The maximum atomic E-state index is 14.3. The van der Waals surface area contributed by atoms with E-state index >= 15 is 0 Å². The second kappa shape index (κ2) is 11.3. The second-order valence-electron chi connectivity index (χ2n) is 11.2. The van der Waals surface area contributed by atoms with Gasteiger partial charge in [-0.25, -0.2) is 14.5 Å². The lowest BCUT2D eigenvalue weighted by Gasteiger charge is -2.36. The number of nitrogens with zero attached hydrogens (tertiary/aromatic N) is 2. The first kappa shape index (κ1) is 28.5. The molecule has 220 valence electrons. The zero-order valence-corrected chi connectivity index (χ0v) is 24.9. The molecule has 3 unspecified atom stereocenters. The van der Waals surface area contributed by atoms with Crippen LogP contribution >= 0.6 is 11.8 Å². The average Bonchev–Trinajstić information content (AvgIpc) is 3.49. The van der Waals surface area contributed by atoms with Crippen LogP contribution in [0.1, 0.15) is 58.5 Å². The Balaban J connectivity index is 1.43. The van der Waals surface area contributed by atoms with E-state index in [0.29, 0.717) is 12.3 Å². The van der Waals surface area contributed by atoms with E-state index < -0.39 is 41.9 Å². The molecule has 3 heterocycles. The van der Waals surface area contributed by atoms with E-state index in [0.717, 1.165) is 32.6 Å². The van der Waals surface area contributed by atoms with Gasteiger partial charge in [0, 0.05) is 28.8 Å². The van der Waals surface area contributed by atoms with Crippen LogP contribution in [-0.4, -0.2) is 62.9 Å². The number of nitrogens with one attached hydrogen (secondary N) is 2. The van der Waals surface area contributed by atoms with Gasteiger partial charge in [0.1, 0.15) is 18.1 Å². The van der Waals surface area contributed by atoms with Crippen molar-refractivity contribution in [3.8, 4) is 0 Å². The second-order valence-corrected chi connectivity index (χ2v) is 12.1. The number of carbonyl (C=O) groups is 4. The zero-order valence-electron chi connectivity index (χ0n) is 24.0. The van der Waals surface area contributed by atoms with Gasteiger partial charge < -0.3 is 15.4 Å². The van der Waals surface area contributed by atoms with E-state index in [1.54, 1.807) is 29.4 Å². The van der Waals surface area contributed by atoms with Crippen LogP contribution in [0.15, 0.2) is 72.8 Å². The molecule has 1 fully saturated rings. The van der Waals surface area contributed by atoms with Crippen molar-refractivity contribution in [2.45, 2.75) is 44.3 Å². The van der Waals surface area contributed by atoms with Crippen LogP contribution in [0, 0.1) is 0 Å². The summed E-state index contributed by atoms with van der Waals surface area (Å²) in [5, 5.41) is 13.1. The summed E-state index contributed by atoms with van der Waals surface area (Å²) in [4.78, 5) is 59.8. The lowest BCUT2D eigenvalue weighted by atomic mass is 9.88. The van der Waals surface area contributed by atoms with Crippen molar-refractivity contribution in [1.82, 2.24) is 15.2 Å². The summed E-state index contributed by atoms with van der Waals surface area (Å²) in [5.41, 5.74) is 5.01. The standard InChI is InChI=1S/C33H32N4O5S/c1-18(2)19-12-14-20(15-13-19)29-28-23(21-8-4-6-10-24(21)34-28)16-27-31(39)37(33(42)36(27)29)26-11-7-5-9-22(26)30(38)35-25(17-43-3)32(40)41/h4-15,18,25,27,29,34H,16-17H2,1-3H3,(H,35,38)(H,40,41). The number of imide groups is 1. The fraction of sp³-hybridized carbons (Fsp3) is 0.273. The summed E-state index contributed by atoms with van der Waals surface area (Å²) in [7, 11) is 0. The van der Waals surface area contributed by atoms with Crippen molar-refractivity contribution >= 4 is 52.2 Å². The minimum absolute atomic E-state index is 0.0539. The van der Waals surface area contributed by atoms with Gasteiger partial charge >= 0.3 is 12.0 Å². The molecule has 2 aliphatic rings. The Hall–Kier alpha value is -4.57. The van der Waals surface area contributed by atoms with Crippen LogP contribution in [0.4, 0.5) is 10.5 Å². The Morgan fingerprint density at radius 1 is 1.02 bits per heavy atom. The molecule has 1 aromatic heterocycles. The fourth-order valence-electron chi connectivity index (χ4n) is 6.14. The topological polar surface area (TPSA) is 123 Å². The number of para-hydroxylation sites is 2. The Morgan fingerprint density at radius 3 is 2.42 bits per heavy atom. The van der Waals surface area contributed by atoms with Crippen LogP contribution in [-0.2, 0) is 16.0 Å². The first-order valence-corrected chi connectivity index (χ1v) is 15.6. The van der Waals surface area contributed by atoms with Gasteiger partial charge in [0.05, 0.1) is 11.3 Å². The molecule has 6 rings (SSSR count). The van der Waals surface area contributed by atoms with Crippen LogP contribution < -0.4 is 10.2 Å². The SMILES string of the molecule is CSCC(NC(=O)c1ccccc1N1C(=O)C2Cc3c([nH]c4ccccc34)C(c3ccc(C(C)C)cc3)N2C1=O)C(=O)O. The first-order valence-electron chi connectivity index (χ1n) is 14.2. The summed E-state index contributed by atoms with van der Waals surface area (Å²) in [6, 6.07) is 19.4. The normalized spacial score (nSPS) is 18.6. The Kier molecular flexibility index (Phi) is 7.47. The molecule has 43 heavy (non-hydrogen) atoms. The number of hydrogen-bond donors (Lipinski definition) is 3. The highest BCUT2D eigenvalue weighted by molar-refractivity contribution is 7.98. The van der Waals surface area contributed by atoms with Crippen molar-refractivity contribution in [1.29, 1.82) is 0 Å². The van der Waals surface area contributed by atoms with Gasteiger partial charge in [-0.3, -0.25) is 14.5 Å². The summed E-state index contributed by atoms with van der Waals surface area (Å²) in [6.07, 6.45) is 2.07. The molecule has 3 N–H and O–H groups in total. The molecule has 4 amide bonds. The van der Waals surface area contributed by atoms with E-state index in [9.17, 15) is 24.3 Å². The number of benzene rings is 3. The average molecular weight is 597 g/mol. The smallest absolute Gasteiger partial charge is 0.332 e. The highest BCUT2D eigenvalue weighted by atomic mass is 32.2. The van der Waals surface area contributed by atoms with E-state index in [4.69, 9.17) is 0 Å². The predicted molar refractivity (Wildman–Crippen MR) is 167 cm³/mol. The number of thioether (sulfide) groups is 1. The number of rotatable bonds is 8. The van der Waals surface area contributed by atoms with Crippen LogP contribution in [0.5, 0.6) is 0 Å². The minimum atomic E-state index is -1.16. The van der Waals surface area contributed by atoms with E-state index in [-0.39, 0.29) is 17.0 Å². The third-order valence-corrected chi connectivity index (χ3v) is 8.96. The van der Waals surface area contributed by atoms with Gasteiger partial charge in [0.2, 0.25) is 0 Å². The van der Waals surface area contributed by atoms with Crippen LogP contribution in [0.2, 0.25) is 0 Å². The van der Waals surface area contributed by atoms with Crippen molar-refractivity contribution in [2.24, 2.45) is 0 Å². The third-order valence-electron chi connectivity index (χ3n) is 8.29. The first-order chi connectivity index (χ1) is 20.7. The number of H-pyrrole nitrogens is 1. The number of hydrogen-bond acceptors (Lipinski definition) is 5. The molecule has 2 aliphatic heterocycles. The number of amides is 4. The monoisotopic (exact) mass is 596 g/mol. The lowest BCUT2D eigenvalue weighted by Crippen LogP contribution is -2.44. The van der Waals surface area contributed by atoms with Crippen molar-refractivity contribution in [3.63, 3.8) is 0 Å². The molecule has 3 atom stereocenters. The number of aromatic nitrogens is 1. The highest BCUT2D eigenvalue weighted by Gasteiger charge is 2.53. The molecule has 0 spiro atoms. The molecule has 3 aromatic carbocycles. The molecule has 4 aromatic rings. The van der Waals surface area contributed by atoms with Gasteiger partial charge in [0.15, 0.2) is 0 Å². The molecule has 9 nitrogen and oxygen atoms in total. The number of urea groups is 1. The van der Waals surface area contributed by atoms with Crippen LogP contribution in [0.25, 0.3) is 10.9 Å². The molecule has 1 saturated heterocycles. The molecular weight excluding hydrogens is 564 g/mol. The summed E-state index contributed by atoms with van der Waals surface area (Å²) >= 11 is 1.29. The Bertz CT molecular complexity index is 1750. The molecule has 0 radical (unpaired) electrons. The fourth-order valence-corrected chi connectivity index (χ4v) is 6.70. The zero-order chi connectivity index (χ0) is 30.4. The minimum Gasteiger partial charge on any atom is -0.480 e. The number of aliphatic carboxylic acids is 1. The summed E-state index contributed by atoms with van der Waals surface area (Å²) in [6.45, 7) is 4.24. The van der Waals surface area contributed by atoms with Gasteiger partial charge in [-0.2, -0.15) is 11.8 Å². The van der Waals surface area contributed by atoms with Crippen molar-refractivity contribution < 1.29 is 24.3 Å². The van der Waals surface area contributed by atoms with Gasteiger partial charge in [-0.1, -0.05) is 68.4 Å². The van der Waals surface area contributed by atoms with Crippen molar-refractivity contribution in [2.75, 3.05) is 16.9 Å². The highest BCUT2D eigenvalue weighted by Crippen LogP contribution is 2.45. The van der Waals surface area contributed by atoms with Crippen LogP contribution in [0.3, 0.4) is 0 Å². The van der Waals surface area contributed by atoms with Gasteiger partial charge in [0.25, 0.3) is 11.8 Å². The maximum Gasteiger partial charge on any atom is 0.332 e. The van der Waals surface area contributed by atoms with Crippen molar-refractivity contribution in [3.05, 3.63) is 101 Å². The maximum absolute atomic E-state index is 14.3. The Morgan fingerprint density at radius 2 is 1.72 bits per heavy atom. The number of aromatic amines is 1. The number of carboxylic acids is 1. The number of anilines is 1. The number of carboxylic acid groups (broad SMARTS) is 1. The van der Waals surface area contributed by atoms with E-state index in [2.05, 4.69) is 36.3 Å². The third kappa shape index (κ3) is 4.85. The van der Waals surface area contributed by atoms with E-state index in [1.165, 1.54) is 23.4 Å². The van der Waals surface area contributed by atoms with Gasteiger partial charge in [-0.05, 0) is 47.1 Å². The number of fused-ring (bicyclic) bond motifs is 4. The quantitative estimate of drug-likeness (QED) is 0.237.